The number of nitrogens with zero attached hydrogens (tertiary/aromatic N) is 3. The number of halogens is 2. The van der Waals surface area contributed by atoms with Crippen molar-refractivity contribution in [3.05, 3.63) is 37.5 Å². The van der Waals surface area contributed by atoms with E-state index in [4.69, 9.17) is 4.42 Å². The Morgan fingerprint density at radius 1 is 1.45 bits per heavy atom. The lowest BCUT2D eigenvalue weighted by atomic mass is 10.4. The molecule has 0 aliphatic carbocycles. The molecule has 22 heavy (non-hydrogen) atoms. The fraction of sp³-hybridized carbons (Fsp3) is 0.231. The van der Waals surface area contributed by atoms with E-state index in [1.165, 1.54) is 18.0 Å². The minimum absolute atomic E-state index is 0.194. The van der Waals surface area contributed by atoms with Crippen LogP contribution in [0.1, 0.15) is 17.1 Å². The summed E-state index contributed by atoms with van der Waals surface area (Å²) in [5.74, 6) is 0.519. The van der Waals surface area contributed by atoms with Gasteiger partial charge in [-0.05, 0) is 35.8 Å². The van der Waals surface area contributed by atoms with E-state index in [1.54, 1.807) is 6.07 Å². The van der Waals surface area contributed by atoms with Crippen molar-refractivity contribution in [1.82, 2.24) is 15.4 Å². The van der Waals surface area contributed by atoms with Crippen LogP contribution in [0.3, 0.4) is 0 Å². The summed E-state index contributed by atoms with van der Waals surface area (Å²) in [4.78, 5) is 20.2. The fourth-order valence-electron chi connectivity index (χ4n) is 1.52. The average molecular weight is 495 g/mol. The summed E-state index contributed by atoms with van der Waals surface area (Å²) in [6.45, 7) is 3.79. The molecular weight excluding hydrogens is 483 g/mol. The van der Waals surface area contributed by atoms with Crippen molar-refractivity contribution in [2.24, 2.45) is 5.10 Å². The van der Waals surface area contributed by atoms with Crippen molar-refractivity contribution in [3.8, 4) is 0 Å². The molecule has 0 radical (unpaired) electrons. The first kappa shape index (κ1) is 17.4. The molecule has 116 valence electrons. The lowest BCUT2D eigenvalue weighted by Gasteiger charge is -2.02. The SMILES string of the molecule is Cc1cc(C)nc(SCC(=O)N/N=C\c2cc(Br)c(I)o2)n1. The highest BCUT2D eigenvalue weighted by atomic mass is 127. The van der Waals surface area contributed by atoms with Crippen LogP contribution in [-0.4, -0.2) is 27.8 Å². The molecule has 1 N–H and O–H groups in total. The summed E-state index contributed by atoms with van der Waals surface area (Å²) in [7, 11) is 0. The second kappa shape index (κ2) is 8.06. The highest BCUT2D eigenvalue weighted by Gasteiger charge is 2.06. The maximum atomic E-state index is 11.7. The minimum Gasteiger partial charge on any atom is -0.448 e. The molecule has 0 unspecified atom stereocenters. The van der Waals surface area contributed by atoms with Gasteiger partial charge in [-0.2, -0.15) is 5.10 Å². The van der Waals surface area contributed by atoms with Crippen LogP contribution in [0.25, 0.3) is 0 Å². The Labute approximate surface area is 153 Å². The fourth-order valence-corrected chi connectivity index (χ4v) is 2.97. The lowest BCUT2D eigenvalue weighted by Crippen LogP contribution is -2.19. The van der Waals surface area contributed by atoms with Gasteiger partial charge in [-0.3, -0.25) is 4.79 Å². The summed E-state index contributed by atoms with van der Waals surface area (Å²) in [5.41, 5.74) is 4.20. The van der Waals surface area contributed by atoms with Crippen molar-refractivity contribution in [3.63, 3.8) is 0 Å². The molecule has 6 nitrogen and oxygen atoms in total. The zero-order valence-electron chi connectivity index (χ0n) is 11.8. The first-order chi connectivity index (χ1) is 10.4. The quantitative estimate of drug-likeness (QED) is 0.227. The van der Waals surface area contributed by atoms with Gasteiger partial charge in [0.1, 0.15) is 5.76 Å². The number of furan rings is 1. The molecule has 0 saturated carbocycles. The Bertz CT molecular complexity index is 680. The smallest absolute Gasteiger partial charge is 0.250 e. The summed E-state index contributed by atoms with van der Waals surface area (Å²) < 4.78 is 6.95. The van der Waals surface area contributed by atoms with Crippen LogP contribution in [-0.2, 0) is 4.79 Å². The van der Waals surface area contributed by atoms with Crippen molar-refractivity contribution in [2.75, 3.05) is 5.75 Å². The second-order valence-corrected chi connectivity index (χ2v) is 7.06. The van der Waals surface area contributed by atoms with Gasteiger partial charge in [0.25, 0.3) is 5.91 Å². The van der Waals surface area contributed by atoms with E-state index in [0.717, 1.165) is 19.6 Å². The van der Waals surface area contributed by atoms with Crippen LogP contribution >= 0.6 is 50.3 Å². The highest BCUT2D eigenvalue weighted by Crippen LogP contribution is 2.22. The number of hydrogen-bond donors (Lipinski definition) is 1. The molecule has 0 atom stereocenters. The molecule has 0 aliphatic heterocycles. The van der Waals surface area contributed by atoms with Gasteiger partial charge < -0.3 is 4.42 Å². The third-order valence-corrected chi connectivity index (χ3v) is 5.32. The maximum Gasteiger partial charge on any atom is 0.250 e. The van der Waals surface area contributed by atoms with Crippen molar-refractivity contribution in [2.45, 2.75) is 19.0 Å². The number of thioether (sulfide) groups is 1. The molecule has 0 saturated heterocycles. The standard InChI is InChI=1S/C13H12BrIN4O2S/c1-7-3-8(2)18-13(17-7)22-6-11(20)19-16-5-9-4-10(14)12(15)21-9/h3-5H,6H2,1-2H3,(H,19,20)/b16-5-. The number of rotatable bonds is 5. The Balaban J connectivity index is 1.83. The number of carbonyl (C=O) groups is 1. The molecule has 2 rings (SSSR count). The van der Waals surface area contributed by atoms with Gasteiger partial charge in [-0.25, -0.2) is 15.4 Å². The zero-order chi connectivity index (χ0) is 16.1. The van der Waals surface area contributed by atoms with E-state index < -0.39 is 0 Å². The molecule has 2 aromatic rings. The van der Waals surface area contributed by atoms with Crippen LogP contribution in [0.5, 0.6) is 0 Å². The third kappa shape index (κ3) is 5.36. The van der Waals surface area contributed by atoms with Gasteiger partial charge in [0.2, 0.25) is 0 Å². The minimum atomic E-state index is -0.232. The van der Waals surface area contributed by atoms with Crippen molar-refractivity contribution >= 4 is 62.4 Å². The Kier molecular flexibility index (Phi) is 6.38. The summed E-state index contributed by atoms with van der Waals surface area (Å²) in [6.07, 6.45) is 1.45. The van der Waals surface area contributed by atoms with Crippen molar-refractivity contribution in [1.29, 1.82) is 0 Å². The Morgan fingerprint density at radius 3 is 2.73 bits per heavy atom. The topological polar surface area (TPSA) is 80.4 Å². The monoisotopic (exact) mass is 494 g/mol. The number of aryl methyl sites for hydroxylation is 2. The Hall–Kier alpha value is -0.940. The molecule has 9 heteroatoms. The number of hydrogen-bond acceptors (Lipinski definition) is 6. The molecule has 0 aromatic carbocycles. The molecule has 0 spiro atoms. The van der Waals surface area contributed by atoms with Crippen LogP contribution in [0, 0.1) is 17.6 Å². The molecule has 0 aliphatic rings. The van der Waals surface area contributed by atoms with E-state index in [0.29, 0.717) is 10.9 Å². The van der Waals surface area contributed by atoms with Crippen molar-refractivity contribution < 1.29 is 9.21 Å². The summed E-state index contributed by atoms with van der Waals surface area (Å²) >= 11 is 6.66. The van der Waals surface area contributed by atoms with Gasteiger partial charge in [0.05, 0.1) is 16.4 Å². The van der Waals surface area contributed by atoms with Crippen LogP contribution in [0.4, 0.5) is 0 Å². The van der Waals surface area contributed by atoms with E-state index in [-0.39, 0.29) is 11.7 Å². The first-order valence-electron chi connectivity index (χ1n) is 6.16. The first-order valence-corrected chi connectivity index (χ1v) is 9.01. The number of carbonyl (C=O) groups excluding carboxylic acids is 1. The van der Waals surface area contributed by atoms with Crippen LogP contribution in [0.2, 0.25) is 0 Å². The third-order valence-electron chi connectivity index (χ3n) is 2.34. The van der Waals surface area contributed by atoms with Crippen LogP contribution in [0.15, 0.2) is 31.3 Å². The Morgan fingerprint density at radius 2 is 2.14 bits per heavy atom. The van der Waals surface area contributed by atoms with E-state index in [1.807, 2.05) is 19.9 Å². The molecule has 2 heterocycles. The summed E-state index contributed by atoms with van der Waals surface area (Å²) in [5, 5.41) is 4.43. The van der Waals surface area contributed by atoms with E-state index in [9.17, 15) is 4.79 Å². The predicted molar refractivity (Wildman–Crippen MR) is 97.1 cm³/mol. The highest BCUT2D eigenvalue weighted by molar-refractivity contribution is 14.1. The number of amides is 1. The van der Waals surface area contributed by atoms with Gasteiger partial charge in [-0.1, -0.05) is 11.8 Å². The van der Waals surface area contributed by atoms with Gasteiger partial charge >= 0.3 is 0 Å². The number of aromatic nitrogens is 2. The van der Waals surface area contributed by atoms with E-state index in [2.05, 4.69) is 59.0 Å². The predicted octanol–water partition coefficient (Wildman–Crippen LogP) is 3.30. The molecule has 0 bridgehead atoms. The zero-order valence-corrected chi connectivity index (χ0v) is 16.3. The van der Waals surface area contributed by atoms with E-state index >= 15 is 0 Å². The molecule has 0 fully saturated rings. The second-order valence-electron chi connectivity index (χ2n) is 4.29. The average Bonchev–Trinajstić information content (AvgIpc) is 2.74. The molecule has 2 aromatic heterocycles. The molecule has 1 amide bonds. The number of hydrazone groups is 1. The lowest BCUT2D eigenvalue weighted by molar-refractivity contribution is -0.118. The van der Waals surface area contributed by atoms with Gasteiger partial charge in [0, 0.05) is 40.0 Å². The maximum absolute atomic E-state index is 11.7. The van der Waals surface area contributed by atoms with Gasteiger partial charge in [0.15, 0.2) is 8.92 Å². The number of nitrogens with one attached hydrogen (secondary N) is 1. The van der Waals surface area contributed by atoms with Crippen LogP contribution < -0.4 is 5.43 Å². The normalized spacial score (nSPS) is 11.1. The summed E-state index contributed by atoms with van der Waals surface area (Å²) in [6, 6.07) is 3.66. The van der Waals surface area contributed by atoms with Gasteiger partial charge in [-0.15, -0.1) is 0 Å². The largest absolute Gasteiger partial charge is 0.448 e. The molecular formula is C13H12BrIN4O2S.